The largest absolute Gasteiger partial charge is 0.508 e. The molecule has 0 aromatic heterocycles. The van der Waals surface area contributed by atoms with E-state index in [2.05, 4.69) is 0 Å². The summed E-state index contributed by atoms with van der Waals surface area (Å²) in [5.41, 5.74) is 2.09. The van der Waals surface area contributed by atoms with Gasteiger partial charge < -0.3 is 10.2 Å². The van der Waals surface area contributed by atoms with Gasteiger partial charge in [-0.1, -0.05) is 6.42 Å². The average molecular weight is 204 g/mol. The Bertz CT molecular complexity index is 357. The van der Waals surface area contributed by atoms with E-state index < -0.39 is 0 Å². The molecule has 2 nitrogen and oxygen atoms in total. The average Bonchev–Trinajstić information content (AvgIpc) is 2.57. The van der Waals surface area contributed by atoms with Crippen molar-refractivity contribution < 1.29 is 10.2 Å². The summed E-state index contributed by atoms with van der Waals surface area (Å²) in [6.45, 7) is 0. The van der Waals surface area contributed by atoms with Crippen molar-refractivity contribution in [1.29, 1.82) is 0 Å². The molecule has 0 heterocycles. The topological polar surface area (TPSA) is 40.5 Å². The van der Waals surface area contributed by atoms with Crippen molar-refractivity contribution in [3.63, 3.8) is 0 Å². The van der Waals surface area contributed by atoms with Crippen LogP contribution in [0.5, 0.6) is 11.5 Å². The quantitative estimate of drug-likeness (QED) is 0.637. The maximum absolute atomic E-state index is 9.92. The summed E-state index contributed by atoms with van der Waals surface area (Å²) in [4.78, 5) is 0. The Morgan fingerprint density at radius 2 is 1.27 bits per heavy atom. The van der Waals surface area contributed by atoms with Gasteiger partial charge >= 0.3 is 0 Å². The van der Waals surface area contributed by atoms with Crippen molar-refractivity contribution in [2.75, 3.05) is 0 Å². The number of aromatic hydroxyl groups is 2. The van der Waals surface area contributed by atoms with Crippen LogP contribution in [0.1, 0.15) is 55.1 Å². The van der Waals surface area contributed by atoms with Crippen molar-refractivity contribution in [1.82, 2.24) is 0 Å². The molecule has 0 aliphatic heterocycles. The Balaban J connectivity index is 2.25. The Hall–Kier alpha value is -1.18. The normalized spacial score (nSPS) is 28.5. The van der Waals surface area contributed by atoms with Crippen LogP contribution in [0.2, 0.25) is 0 Å². The molecule has 2 N–H and O–H groups in total. The predicted molar refractivity (Wildman–Crippen MR) is 58.3 cm³/mol. The van der Waals surface area contributed by atoms with Crippen LogP contribution in [0.25, 0.3) is 0 Å². The SMILES string of the molecule is Oc1ccc(O)c2c1C1CCCC2CC1. The molecule has 0 saturated heterocycles. The lowest BCUT2D eigenvalue weighted by Crippen LogP contribution is -2.10. The molecule has 3 aliphatic carbocycles. The molecule has 1 aromatic rings. The third kappa shape index (κ3) is 1.24. The fraction of sp³-hybridized carbons (Fsp3) is 0.538. The molecule has 4 rings (SSSR count). The first-order chi connectivity index (χ1) is 7.27. The maximum Gasteiger partial charge on any atom is 0.119 e. The monoisotopic (exact) mass is 204 g/mol. The van der Waals surface area contributed by atoms with Crippen LogP contribution in [-0.4, -0.2) is 10.2 Å². The zero-order chi connectivity index (χ0) is 10.4. The summed E-state index contributed by atoms with van der Waals surface area (Å²) in [6, 6.07) is 3.27. The summed E-state index contributed by atoms with van der Waals surface area (Å²) in [5, 5.41) is 19.8. The molecule has 2 atom stereocenters. The number of phenolic OH excluding ortho intramolecular Hbond substituents is 2. The number of hydrogen-bond acceptors (Lipinski definition) is 2. The fourth-order valence-corrected chi connectivity index (χ4v) is 3.35. The Kier molecular flexibility index (Phi) is 1.91. The van der Waals surface area contributed by atoms with Crippen LogP contribution < -0.4 is 0 Å². The number of hydrogen-bond donors (Lipinski definition) is 2. The van der Waals surface area contributed by atoms with E-state index in [1.807, 2.05) is 0 Å². The van der Waals surface area contributed by atoms with Crippen molar-refractivity contribution >= 4 is 0 Å². The lowest BCUT2D eigenvalue weighted by Gasteiger charge is -2.28. The van der Waals surface area contributed by atoms with Crippen LogP contribution in [0.4, 0.5) is 0 Å². The van der Waals surface area contributed by atoms with Gasteiger partial charge in [0.2, 0.25) is 0 Å². The Morgan fingerprint density at radius 3 is 1.73 bits per heavy atom. The van der Waals surface area contributed by atoms with Crippen molar-refractivity contribution in [2.45, 2.75) is 43.9 Å². The highest BCUT2D eigenvalue weighted by Crippen LogP contribution is 2.52. The van der Waals surface area contributed by atoms with E-state index in [1.54, 1.807) is 12.1 Å². The lowest BCUT2D eigenvalue weighted by atomic mass is 9.77. The van der Waals surface area contributed by atoms with Gasteiger partial charge in [0.05, 0.1) is 0 Å². The van der Waals surface area contributed by atoms with Crippen molar-refractivity contribution in [2.24, 2.45) is 0 Å². The molecule has 3 aliphatic rings. The summed E-state index contributed by atoms with van der Waals surface area (Å²) in [5.74, 6) is 1.73. The first kappa shape index (κ1) is 9.08. The zero-order valence-electron chi connectivity index (χ0n) is 8.74. The lowest BCUT2D eigenvalue weighted by molar-refractivity contribution is 0.415. The van der Waals surface area contributed by atoms with E-state index in [1.165, 1.54) is 32.1 Å². The molecule has 1 saturated carbocycles. The molecule has 1 aromatic carbocycles. The van der Waals surface area contributed by atoms with E-state index in [0.29, 0.717) is 23.3 Å². The fourth-order valence-electron chi connectivity index (χ4n) is 3.35. The number of benzene rings is 1. The molecule has 1 fully saturated rings. The standard InChI is InChI=1S/C13H16O2/c14-10-6-7-11(15)13-9-3-1-2-8(4-5-9)12(10)13/h6-9,14-15H,1-5H2. The van der Waals surface area contributed by atoms with Gasteiger partial charge in [-0.25, -0.2) is 0 Å². The molecule has 15 heavy (non-hydrogen) atoms. The molecule has 2 unspecified atom stereocenters. The van der Waals surface area contributed by atoms with Gasteiger partial charge in [-0.3, -0.25) is 0 Å². The van der Waals surface area contributed by atoms with E-state index in [9.17, 15) is 10.2 Å². The summed E-state index contributed by atoms with van der Waals surface area (Å²) < 4.78 is 0. The van der Waals surface area contributed by atoms with Gasteiger partial charge in [0, 0.05) is 11.1 Å². The van der Waals surface area contributed by atoms with Gasteiger partial charge in [0.15, 0.2) is 0 Å². The smallest absolute Gasteiger partial charge is 0.119 e. The number of phenols is 2. The highest BCUT2D eigenvalue weighted by atomic mass is 16.3. The minimum Gasteiger partial charge on any atom is -0.508 e. The third-order valence-electron chi connectivity index (χ3n) is 4.03. The minimum atomic E-state index is 0.388. The Morgan fingerprint density at radius 1 is 0.800 bits per heavy atom. The van der Waals surface area contributed by atoms with Crippen molar-refractivity contribution in [3.05, 3.63) is 23.3 Å². The van der Waals surface area contributed by atoms with Gasteiger partial charge in [-0.2, -0.15) is 0 Å². The van der Waals surface area contributed by atoms with Crippen LogP contribution in [0.3, 0.4) is 0 Å². The first-order valence-corrected chi connectivity index (χ1v) is 5.82. The first-order valence-electron chi connectivity index (χ1n) is 5.82. The highest BCUT2D eigenvalue weighted by Gasteiger charge is 2.34. The second kappa shape index (κ2) is 3.16. The van der Waals surface area contributed by atoms with Crippen molar-refractivity contribution in [3.8, 4) is 11.5 Å². The predicted octanol–water partition coefficient (Wildman–Crippen LogP) is 3.24. The molecule has 80 valence electrons. The molecular formula is C13H16O2. The Labute approximate surface area is 89.6 Å². The summed E-state index contributed by atoms with van der Waals surface area (Å²) in [7, 11) is 0. The summed E-state index contributed by atoms with van der Waals surface area (Å²) >= 11 is 0. The molecule has 0 radical (unpaired) electrons. The van der Waals surface area contributed by atoms with Gasteiger partial charge in [0.1, 0.15) is 11.5 Å². The van der Waals surface area contributed by atoms with Crippen LogP contribution in [0.15, 0.2) is 12.1 Å². The van der Waals surface area contributed by atoms with E-state index in [0.717, 1.165) is 11.1 Å². The zero-order valence-corrected chi connectivity index (χ0v) is 8.74. The third-order valence-corrected chi connectivity index (χ3v) is 4.03. The molecule has 0 amide bonds. The number of fused-ring (bicyclic) bond motifs is 3. The van der Waals surface area contributed by atoms with E-state index in [4.69, 9.17) is 0 Å². The van der Waals surface area contributed by atoms with Crippen LogP contribution >= 0.6 is 0 Å². The van der Waals surface area contributed by atoms with E-state index >= 15 is 0 Å². The molecule has 2 heteroatoms. The van der Waals surface area contributed by atoms with Gasteiger partial charge in [0.25, 0.3) is 0 Å². The molecule has 2 bridgehead atoms. The van der Waals surface area contributed by atoms with Crippen LogP contribution in [0, 0.1) is 0 Å². The van der Waals surface area contributed by atoms with E-state index in [-0.39, 0.29) is 0 Å². The number of rotatable bonds is 0. The minimum absolute atomic E-state index is 0.388. The molecular weight excluding hydrogens is 188 g/mol. The second-order valence-corrected chi connectivity index (χ2v) is 4.83. The summed E-state index contributed by atoms with van der Waals surface area (Å²) in [6.07, 6.45) is 5.91. The second-order valence-electron chi connectivity index (χ2n) is 4.83. The van der Waals surface area contributed by atoms with Gasteiger partial charge in [-0.15, -0.1) is 0 Å². The maximum atomic E-state index is 9.92. The van der Waals surface area contributed by atoms with Gasteiger partial charge in [-0.05, 0) is 49.7 Å². The highest BCUT2D eigenvalue weighted by molar-refractivity contribution is 5.53. The van der Waals surface area contributed by atoms with Crippen LogP contribution in [-0.2, 0) is 0 Å². The molecule has 0 spiro atoms.